The summed E-state index contributed by atoms with van der Waals surface area (Å²) in [5, 5.41) is 115. The summed E-state index contributed by atoms with van der Waals surface area (Å²) >= 11 is 2.17. The zero-order valence-corrected chi connectivity index (χ0v) is 47.7. The van der Waals surface area contributed by atoms with Gasteiger partial charge >= 0.3 is 5.97 Å². The summed E-state index contributed by atoms with van der Waals surface area (Å²) in [6, 6.07) is 7.20. The molecule has 8 aliphatic rings. The van der Waals surface area contributed by atoms with Crippen molar-refractivity contribution in [2.24, 2.45) is 50.2 Å². The van der Waals surface area contributed by atoms with E-state index in [2.05, 4.69) is 73.9 Å². The minimum atomic E-state index is -2.15. The number of amides is 2. The minimum absolute atomic E-state index is 0.0390. The third-order valence-electron chi connectivity index (χ3n) is 20.8. The molecular formula is C56H81IN2O20. The quantitative estimate of drug-likeness (QED) is 0.0400. The number of rotatable bonds is 14. The summed E-state index contributed by atoms with van der Waals surface area (Å²) in [5.74, 6) is -2.82. The molecule has 2 amide bonds. The molecular weight excluding hydrogens is 1150 g/mol. The standard InChI is InChI=1S/C56H81IN2O20/c1-51(2)17-18-56(50(73)59-20-19-58-45(70)26-7-9-27(57)10-8-26)29(21-51)28-11-12-33-52(3)15-14-35(53(4,25-61)32(52)13-16-54(33,5)55(28,6)22-34(56)63)76-49-44(79-48-40(68)38(66)37(65)31(23-60)75-48)42(41(69)43(78-49)46(71)72)77-47-39(67)36(64)30(62)24-74-47/h7-11,25,29-44,47-49,60,62-69H,12-24H2,1-6H3,(H,58,70)(H,59,73)(H,71,72). The van der Waals surface area contributed by atoms with Crippen LogP contribution in [0.3, 0.4) is 0 Å². The Morgan fingerprint density at radius 2 is 1.41 bits per heavy atom. The Bertz CT molecular complexity index is 2450. The molecule has 3 saturated heterocycles. The lowest BCUT2D eigenvalue weighted by Crippen LogP contribution is -2.69. The molecule has 24 unspecified atom stereocenters. The summed E-state index contributed by atoms with van der Waals surface area (Å²) in [7, 11) is 0. The molecule has 3 aliphatic heterocycles. The van der Waals surface area contributed by atoms with Crippen LogP contribution >= 0.6 is 22.6 Å². The number of fused-ring (bicyclic) bond motifs is 7. The first kappa shape index (κ1) is 60.8. The third-order valence-corrected chi connectivity index (χ3v) is 21.5. The first-order valence-electron chi connectivity index (χ1n) is 27.8. The molecule has 0 aromatic heterocycles. The number of halogens is 1. The molecule has 79 heavy (non-hydrogen) atoms. The maximum atomic E-state index is 14.8. The molecule has 3 heterocycles. The van der Waals surface area contributed by atoms with Gasteiger partial charge in [0.05, 0.1) is 36.3 Å². The van der Waals surface area contributed by atoms with E-state index in [0.717, 1.165) is 16.3 Å². The van der Waals surface area contributed by atoms with E-state index >= 15 is 0 Å². The van der Waals surface area contributed by atoms with Crippen LogP contribution in [-0.4, -0.2) is 200 Å². The molecule has 442 valence electrons. The van der Waals surface area contributed by atoms with Crippen LogP contribution in [-0.2, 0) is 42.8 Å². The Kier molecular flexibility index (Phi) is 17.4. The highest BCUT2D eigenvalue weighted by Crippen LogP contribution is 2.76. The van der Waals surface area contributed by atoms with Gasteiger partial charge in [-0.25, -0.2) is 4.79 Å². The fourth-order valence-electron chi connectivity index (χ4n) is 16.0. The van der Waals surface area contributed by atoms with Gasteiger partial charge in [-0.3, -0.25) is 9.59 Å². The predicted molar refractivity (Wildman–Crippen MR) is 284 cm³/mol. The number of carbonyl (C=O) groups excluding carboxylic acids is 3. The number of aldehydes is 1. The fraction of sp³-hybridized carbons (Fsp3) is 0.786. The molecule has 24 atom stereocenters. The molecule has 1 aromatic carbocycles. The van der Waals surface area contributed by atoms with Gasteiger partial charge in [0.2, 0.25) is 5.91 Å². The second-order valence-electron chi connectivity index (χ2n) is 25.5. The van der Waals surface area contributed by atoms with Crippen LogP contribution in [0.25, 0.3) is 0 Å². The number of carboxylic acid groups (broad SMARTS) is 1. The zero-order chi connectivity index (χ0) is 57.5. The van der Waals surface area contributed by atoms with Crippen LogP contribution in [0.2, 0.25) is 0 Å². The molecule has 0 radical (unpaired) electrons. The van der Waals surface area contributed by atoms with Crippen molar-refractivity contribution < 1.29 is 98.7 Å². The van der Waals surface area contributed by atoms with E-state index in [1.807, 2.05) is 12.1 Å². The van der Waals surface area contributed by atoms with Gasteiger partial charge in [-0.2, -0.15) is 0 Å². The van der Waals surface area contributed by atoms with Gasteiger partial charge < -0.3 is 94.9 Å². The van der Waals surface area contributed by atoms with Crippen molar-refractivity contribution in [2.45, 2.75) is 198 Å². The Morgan fingerprint density at radius 3 is 2.08 bits per heavy atom. The highest BCUT2D eigenvalue weighted by molar-refractivity contribution is 14.1. The van der Waals surface area contributed by atoms with Gasteiger partial charge in [0.15, 0.2) is 25.0 Å². The molecule has 1 aromatic rings. The smallest absolute Gasteiger partial charge is 0.335 e. The predicted octanol–water partition coefficient (Wildman–Crippen LogP) is 0.654. The van der Waals surface area contributed by atoms with Gasteiger partial charge in [-0.15, -0.1) is 0 Å². The summed E-state index contributed by atoms with van der Waals surface area (Å²) in [6.45, 7) is 11.9. The molecule has 23 heteroatoms. The van der Waals surface area contributed by atoms with Gasteiger partial charge in [0, 0.05) is 22.2 Å². The number of allylic oxidation sites excluding steroid dienone is 2. The molecule has 0 spiro atoms. The van der Waals surface area contributed by atoms with E-state index in [9.17, 15) is 70.2 Å². The number of aliphatic hydroxyl groups excluding tert-OH is 9. The zero-order valence-electron chi connectivity index (χ0n) is 45.6. The van der Waals surface area contributed by atoms with E-state index in [-0.39, 0.29) is 54.5 Å². The van der Waals surface area contributed by atoms with Crippen LogP contribution in [0.1, 0.15) is 110 Å². The minimum Gasteiger partial charge on any atom is -0.479 e. The average molecular weight is 1230 g/mol. The van der Waals surface area contributed by atoms with Gasteiger partial charge in [0.1, 0.15) is 67.3 Å². The van der Waals surface area contributed by atoms with Crippen LogP contribution in [0.4, 0.5) is 0 Å². The maximum Gasteiger partial charge on any atom is 0.335 e. The van der Waals surface area contributed by atoms with Crippen molar-refractivity contribution in [3.63, 3.8) is 0 Å². The molecule has 9 rings (SSSR count). The Balaban J connectivity index is 0.991. The third kappa shape index (κ3) is 10.4. The van der Waals surface area contributed by atoms with E-state index in [1.165, 1.54) is 5.57 Å². The van der Waals surface area contributed by atoms with Gasteiger partial charge in [-0.05, 0) is 144 Å². The van der Waals surface area contributed by atoms with Crippen molar-refractivity contribution in [3.05, 3.63) is 45.0 Å². The first-order valence-corrected chi connectivity index (χ1v) is 28.9. The maximum absolute atomic E-state index is 14.8. The number of benzene rings is 1. The normalized spacial score (nSPS) is 47.4. The van der Waals surface area contributed by atoms with Crippen molar-refractivity contribution in [1.29, 1.82) is 0 Å². The number of hydrogen-bond acceptors (Lipinski definition) is 19. The average Bonchev–Trinajstić information content (AvgIpc) is 3.41. The lowest BCUT2D eigenvalue weighted by Gasteiger charge is -2.71. The molecule has 22 nitrogen and oxygen atoms in total. The highest BCUT2D eigenvalue weighted by Gasteiger charge is 2.72. The Morgan fingerprint density at radius 1 is 0.734 bits per heavy atom. The molecule has 5 aliphatic carbocycles. The monoisotopic (exact) mass is 1230 g/mol. The number of aliphatic carboxylic acids is 1. The second-order valence-corrected chi connectivity index (χ2v) is 26.8. The largest absolute Gasteiger partial charge is 0.479 e. The lowest BCUT2D eigenvalue weighted by molar-refractivity contribution is -0.391. The van der Waals surface area contributed by atoms with E-state index in [1.54, 1.807) is 19.1 Å². The second kappa shape index (κ2) is 22.6. The van der Waals surface area contributed by atoms with E-state index in [0.29, 0.717) is 50.5 Å². The van der Waals surface area contributed by atoms with Gasteiger partial charge in [0.25, 0.3) is 5.91 Å². The Labute approximate surface area is 473 Å². The Hall–Kier alpha value is -2.83. The molecule has 4 saturated carbocycles. The molecule has 0 bridgehead atoms. The summed E-state index contributed by atoms with van der Waals surface area (Å²) in [6.07, 6.45) is -20.3. The number of carbonyl (C=O) groups is 4. The van der Waals surface area contributed by atoms with Crippen LogP contribution < -0.4 is 10.6 Å². The fourth-order valence-corrected chi connectivity index (χ4v) is 16.4. The summed E-state index contributed by atoms with van der Waals surface area (Å²) in [4.78, 5) is 54.6. The van der Waals surface area contributed by atoms with Crippen LogP contribution in [0.5, 0.6) is 0 Å². The number of aliphatic hydroxyl groups is 9. The number of hydrogen-bond donors (Lipinski definition) is 12. The van der Waals surface area contributed by atoms with E-state index < -0.39 is 144 Å². The van der Waals surface area contributed by atoms with E-state index in [4.69, 9.17) is 28.4 Å². The summed E-state index contributed by atoms with van der Waals surface area (Å²) < 4.78 is 37.1. The van der Waals surface area contributed by atoms with Crippen molar-refractivity contribution in [2.75, 3.05) is 26.3 Å². The van der Waals surface area contributed by atoms with Crippen molar-refractivity contribution in [3.8, 4) is 0 Å². The summed E-state index contributed by atoms with van der Waals surface area (Å²) in [5.41, 5.74) is -2.41. The number of nitrogens with one attached hydrogen (secondary N) is 2. The SMILES string of the molecule is CC1(C)CCC2(C(=O)NCCNC(=O)c3ccc(I)cc3)C(O)CC3(C)C(=CCC4C5(C)CCC(OC6OC(C(=O)O)C(O)C(OC7OCC(O)C(O)C7O)C6OC6OC(CO)C(O)C(O)C6O)C(C)(C=O)C5CCC43C)C2C1. The highest BCUT2D eigenvalue weighted by atomic mass is 127. The van der Waals surface area contributed by atoms with Crippen molar-refractivity contribution >= 4 is 46.7 Å². The lowest BCUT2D eigenvalue weighted by atomic mass is 9.33. The molecule has 7 fully saturated rings. The van der Waals surface area contributed by atoms with Crippen molar-refractivity contribution in [1.82, 2.24) is 10.6 Å². The van der Waals surface area contributed by atoms with Crippen LogP contribution in [0.15, 0.2) is 35.9 Å². The van der Waals surface area contributed by atoms with Crippen LogP contribution in [0, 0.1) is 53.8 Å². The van der Waals surface area contributed by atoms with Gasteiger partial charge in [-0.1, -0.05) is 53.2 Å². The molecule has 12 N–H and O–H groups in total. The number of carboxylic acids is 1. The first-order chi connectivity index (χ1) is 37.1. The number of ether oxygens (including phenoxy) is 6. The topological polar surface area (TPSA) is 350 Å².